The van der Waals surface area contributed by atoms with Crippen LogP contribution in [0.15, 0.2) is 39.6 Å². The molecule has 0 bridgehead atoms. The molecule has 1 amide bonds. The number of nitrogens with one attached hydrogen (secondary N) is 1. The van der Waals surface area contributed by atoms with Crippen molar-refractivity contribution in [2.45, 2.75) is 19.8 Å². The lowest BCUT2D eigenvalue weighted by Gasteiger charge is -2.33. The summed E-state index contributed by atoms with van der Waals surface area (Å²) < 4.78 is 24.5. The third-order valence-corrected chi connectivity index (χ3v) is 4.54. The Balaban J connectivity index is 1.48. The van der Waals surface area contributed by atoms with Crippen LogP contribution < -0.4 is 10.2 Å². The van der Waals surface area contributed by atoms with E-state index >= 15 is 0 Å². The van der Waals surface area contributed by atoms with E-state index < -0.39 is 0 Å². The molecule has 1 N–H and O–H groups in total. The molecule has 27 heavy (non-hydrogen) atoms. The van der Waals surface area contributed by atoms with Crippen molar-refractivity contribution in [3.05, 3.63) is 42.2 Å². The van der Waals surface area contributed by atoms with Crippen LogP contribution in [0.1, 0.15) is 18.7 Å². The van der Waals surface area contributed by atoms with Crippen molar-refractivity contribution >= 4 is 17.4 Å². The molecule has 1 unspecified atom stereocenters. The first-order chi connectivity index (χ1) is 13.1. The predicted octanol–water partition coefficient (Wildman–Crippen LogP) is 3.03. The third-order valence-electron chi connectivity index (χ3n) is 4.54. The molecule has 1 fully saturated rings. The zero-order valence-corrected chi connectivity index (χ0v) is 14.7. The monoisotopic (exact) mass is 371 g/mol. The molecule has 1 aliphatic heterocycles. The number of piperidine rings is 1. The summed E-state index contributed by atoms with van der Waals surface area (Å²) >= 11 is 0. The molecule has 4 rings (SSSR count). The van der Waals surface area contributed by atoms with Gasteiger partial charge in [-0.3, -0.25) is 4.79 Å². The molecule has 8 nitrogen and oxygen atoms in total. The largest absolute Gasteiger partial charge is 0.368 e. The quantitative estimate of drug-likeness (QED) is 0.753. The van der Waals surface area contributed by atoms with E-state index in [9.17, 15) is 9.18 Å². The van der Waals surface area contributed by atoms with Crippen molar-refractivity contribution in [1.29, 1.82) is 0 Å². The SMILES string of the molecule is Cc1noc(-c2ccc(N3CCCC(C(=O)Nc4ccon4)C3)c(F)c2)n1. The predicted molar refractivity (Wildman–Crippen MR) is 94.5 cm³/mol. The van der Waals surface area contributed by atoms with Crippen LogP contribution in [-0.4, -0.2) is 34.3 Å². The molecule has 9 heteroatoms. The Morgan fingerprint density at radius 2 is 2.22 bits per heavy atom. The number of anilines is 2. The van der Waals surface area contributed by atoms with Gasteiger partial charge >= 0.3 is 0 Å². The van der Waals surface area contributed by atoms with E-state index in [-0.39, 0.29) is 23.5 Å². The number of hydrogen-bond donors (Lipinski definition) is 1. The number of aryl methyl sites for hydroxylation is 1. The molecule has 3 aromatic rings. The van der Waals surface area contributed by atoms with Gasteiger partial charge in [-0.05, 0) is 38.0 Å². The summed E-state index contributed by atoms with van der Waals surface area (Å²) in [6.07, 6.45) is 2.92. The number of hydrogen-bond acceptors (Lipinski definition) is 7. The molecule has 3 heterocycles. The minimum Gasteiger partial charge on any atom is -0.368 e. The Morgan fingerprint density at radius 1 is 1.33 bits per heavy atom. The lowest BCUT2D eigenvalue weighted by molar-refractivity contribution is -0.120. The first kappa shape index (κ1) is 17.2. The summed E-state index contributed by atoms with van der Waals surface area (Å²) in [4.78, 5) is 18.4. The van der Waals surface area contributed by atoms with Gasteiger partial charge in [0.2, 0.25) is 5.91 Å². The molecular formula is C18H18FN5O3. The van der Waals surface area contributed by atoms with Crippen LogP contribution in [0.5, 0.6) is 0 Å². The fourth-order valence-electron chi connectivity index (χ4n) is 3.23. The van der Waals surface area contributed by atoms with Gasteiger partial charge in [0.25, 0.3) is 5.89 Å². The Kier molecular flexibility index (Phi) is 4.57. The molecule has 2 aromatic heterocycles. The van der Waals surface area contributed by atoms with Crippen molar-refractivity contribution in [2.75, 3.05) is 23.3 Å². The number of halogens is 1. The van der Waals surface area contributed by atoms with E-state index in [1.54, 1.807) is 25.1 Å². The van der Waals surface area contributed by atoms with Gasteiger partial charge in [-0.25, -0.2) is 4.39 Å². The Labute approximate surface area is 154 Å². The highest BCUT2D eigenvalue weighted by Gasteiger charge is 2.28. The van der Waals surface area contributed by atoms with E-state index in [0.29, 0.717) is 36.0 Å². The van der Waals surface area contributed by atoms with Crippen LogP contribution in [0.25, 0.3) is 11.5 Å². The zero-order valence-electron chi connectivity index (χ0n) is 14.7. The number of carbonyl (C=O) groups is 1. The van der Waals surface area contributed by atoms with Crippen molar-refractivity contribution in [3.63, 3.8) is 0 Å². The average Bonchev–Trinajstić information content (AvgIpc) is 3.33. The minimum atomic E-state index is -0.388. The van der Waals surface area contributed by atoms with Gasteiger partial charge in [0.15, 0.2) is 11.6 Å². The highest BCUT2D eigenvalue weighted by molar-refractivity contribution is 5.92. The maximum Gasteiger partial charge on any atom is 0.258 e. The van der Waals surface area contributed by atoms with Crippen molar-refractivity contribution in [2.24, 2.45) is 5.92 Å². The number of aromatic nitrogens is 3. The smallest absolute Gasteiger partial charge is 0.258 e. The fraction of sp³-hybridized carbons (Fsp3) is 0.333. The summed E-state index contributed by atoms with van der Waals surface area (Å²) in [6, 6.07) is 6.38. The van der Waals surface area contributed by atoms with E-state index in [0.717, 1.165) is 12.8 Å². The Bertz CT molecular complexity index is 940. The van der Waals surface area contributed by atoms with Crippen LogP contribution in [0.4, 0.5) is 15.9 Å². The van der Waals surface area contributed by atoms with Gasteiger partial charge in [-0.15, -0.1) is 0 Å². The second-order valence-corrected chi connectivity index (χ2v) is 6.47. The van der Waals surface area contributed by atoms with Gasteiger partial charge in [0, 0.05) is 24.7 Å². The number of carbonyl (C=O) groups excluding carboxylic acids is 1. The average molecular weight is 371 g/mol. The summed E-state index contributed by atoms with van der Waals surface area (Å²) in [6.45, 7) is 2.82. The lowest BCUT2D eigenvalue weighted by atomic mass is 9.96. The number of amides is 1. The van der Waals surface area contributed by atoms with Crippen molar-refractivity contribution in [3.8, 4) is 11.5 Å². The van der Waals surface area contributed by atoms with Gasteiger partial charge in [-0.2, -0.15) is 4.98 Å². The second kappa shape index (κ2) is 7.18. The highest BCUT2D eigenvalue weighted by Crippen LogP contribution is 2.29. The maximum absolute atomic E-state index is 14.7. The number of rotatable bonds is 4. The zero-order chi connectivity index (χ0) is 18.8. The lowest BCUT2D eigenvalue weighted by Crippen LogP contribution is -2.41. The Hall–Kier alpha value is -3.23. The molecule has 0 aliphatic carbocycles. The van der Waals surface area contributed by atoms with E-state index in [4.69, 9.17) is 9.05 Å². The van der Waals surface area contributed by atoms with E-state index in [1.807, 2.05) is 4.90 Å². The van der Waals surface area contributed by atoms with Crippen LogP contribution in [0.2, 0.25) is 0 Å². The molecule has 0 saturated carbocycles. The summed E-state index contributed by atoms with van der Waals surface area (Å²) in [7, 11) is 0. The first-order valence-electron chi connectivity index (χ1n) is 8.66. The molecule has 0 spiro atoms. The molecule has 1 aliphatic rings. The molecule has 1 aromatic carbocycles. The van der Waals surface area contributed by atoms with Gasteiger partial charge < -0.3 is 19.3 Å². The highest BCUT2D eigenvalue weighted by atomic mass is 19.1. The second-order valence-electron chi connectivity index (χ2n) is 6.47. The molecule has 140 valence electrons. The number of benzene rings is 1. The summed E-state index contributed by atoms with van der Waals surface area (Å²) in [5, 5.41) is 10.1. The normalized spacial score (nSPS) is 17.1. The summed E-state index contributed by atoms with van der Waals surface area (Å²) in [5.74, 6) is 0.358. The summed E-state index contributed by atoms with van der Waals surface area (Å²) in [5.41, 5.74) is 0.975. The van der Waals surface area contributed by atoms with E-state index in [2.05, 4.69) is 20.6 Å². The number of nitrogens with zero attached hydrogens (tertiary/aromatic N) is 4. The fourth-order valence-corrected chi connectivity index (χ4v) is 3.23. The molecule has 1 atom stereocenters. The maximum atomic E-state index is 14.7. The van der Waals surface area contributed by atoms with Gasteiger partial charge in [0.1, 0.15) is 12.1 Å². The first-order valence-corrected chi connectivity index (χ1v) is 8.66. The van der Waals surface area contributed by atoms with Crippen LogP contribution in [0, 0.1) is 18.7 Å². The molecule has 1 saturated heterocycles. The standard InChI is InChI=1S/C18H18FN5O3/c1-11-20-18(27-22-11)12-4-5-15(14(19)9-12)24-7-2-3-13(10-24)17(25)21-16-6-8-26-23-16/h4-6,8-9,13H,2-3,7,10H2,1H3,(H,21,23,25). The van der Waals surface area contributed by atoms with Gasteiger partial charge in [0.05, 0.1) is 11.6 Å². The van der Waals surface area contributed by atoms with Crippen LogP contribution in [-0.2, 0) is 4.79 Å². The van der Waals surface area contributed by atoms with Crippen LogP contribution in [0.3, 0.4) is 0 Å². The molecule has 0 radical (unpaired) electrons. The van der Waals surface area contributed by atoms with Crippen molar-refractivity contribution < 1.29 is 18.2 Å². The Morgan fingerprint density at radius 3 is 2.93 bits per heavy atom. The van der Waals surface area contributed by atoms with E-state index in [1.165, 1.54) is 12.3 Å². The van der Waals surface area contributed by atoms with Crippen molar-refractivity contribution in [1.82, 2.24) is 15.3 Å². The molecular weight excluding hydrogens is 353 g/mol. The third kappa shape index (κ3) is 3.67. The van der Waals surface area contributed by atoms with Gasteiger partial charge in [-0.1, -0.05) is 10.3 Å². The minimum absolute atomic E-state index is 0.146. The topological polar surface area (TPSA) is 97.3 Å². The van der Waals surface area contributed by atoms with Crippen LogP contribution >= 0.6 is 0 Å².